The van der Waals surface area contributed by atoms with Crippen molar-refractivity contribution in [1.29, 1.82) is 0 Å². The smallest absolute Gasteiger partial charge is 0.230 e. The predicted octanol–water partition coefficient (Wildman–Crippen LogP) is 2.22. The number of pyridine rings is 1. The van der Waals surface area contributed by atoms with Gasteiger partial charge in [0.25, 0.3) is 0 Å². The molecule has 0 aromatic carbocycles. The average molecular weight is 262 g/mol. The molecule has 2 rings (SSSR count). The number of rotatable bonds is 6. The van der Waals surface area contributed by atoms with Gasteiger partial charge >= 0.3 is 0 Å². The van der Waals surface area contributed by atoms with Crippen LogP contribution < -0.4 is 5.32 Å². The number of nitrogens with zero attached hydrogens (tertiary/aromatic N) is 1. The van der Waals surface area contributed by atoms with Gasteiger partial charge in [-0.3, -0.25) is 9.78 Å². The number of aromatic nitrogens is 1. The summed E-state index contributed by atoms with van der Waals surface area (Å²) >= 11 is 1.53. The van der Waals surface area contributed by atoms with E-state index in [2.05, 4.69) is 10.3 Å². The SMILES string of the molecule is O=C(CSCc1ccco1)NCc1ccccn1. The summed E-state index contributed by atoms with van der Waals surface area (Å²) in [6, 6.07) is 9.39. The van der Waals surface area contributed by atoms with Crippen LogP contribution in [0.15, 0.2) is 47.2 Å². The third-order valence-corrected chi connectivity index (χ3v) is 3.21. The maximum atomic E-state index is 11.6. The maximum absolute atomic E-state index is 11.6. The van der Waals surface area contributed by atoms with Gasteiger partial charge in [-0.1, -0.05) is 6.07 Å². The Morgan fingerprint density at radius 3 is 3.00 bits per heavy atom. The summed E-state index contributed by atoms with van der Waals surface area (Å²) in [5.74, 6) is 2.03. The average Bonchev–Trinajstić information content (AvgIpc) is 2.91. The molecule has 94 valence electrons. The van der Waals surface area contributed by atoms with Crippen molar-refractivity contribution in [2.24, 2.45) is 0 Å². The lowest BCUT2D eigenvalue weighted by Gasteiger charge is -2.03. The molecule has 0 fully saturated rings. The van der Waals surface area contributed by atoms with E-state index in [0.717, 1.165) is 11.5 Å². The van der Waals surface area contributed by atoms with Crippen molar-refractivity contribution < 1.29 is 9.21 Å². The Bertz CT molecular complexity index is 471. The highest BCUT2D eigenvalue weighted by Crippen LogP contribution is 2.11. The molecule has 2 heterocycles. The van der Waals surface area contributed by atoms with Gasteiger partial charge in [-0.05, 0) is 24.3 Å². The molecule has 0 saturated heterocycles. The van der Waals surface area contributed by atoms with E-state index < -0.39 is 0 Å². The standard InChI is InChI=1S/C13H14N2O2S/c16-13(10-18-9-12-5-3-7-17-12)15-8-11-4-1-2-6-14-11/h1-7H,8-10H2,(H,15,16). The quantitative estimate of drug-likeness (QED) is 0.867. The Hall–Kier alpha value is -1.75. The molecular weight excluding hydrogens is 248 g/mol. The van der Waals surface area contributed by atoms with Gasteiger partial charge in [-0.25, -0.2) is 0 Å². The Kier molecular flexibility index (Phi) is 4.84. The van der Waals surface area contributed by atoms with Crippen LogP contribution in [-0.2, 0) is 17.1 Å². The third kappa shape index (κ3) is 4.25. The van der Waals surface area contributed by atoms with Gasteiger partial charge in [-0.15, -0.1) is 11.8 Å². The zero-order chi connectivity index (χ0) is 12.6. The van der Waals surface area contributed by atoms with Crippen LogP contribution in [0.5, 0.6) is 0 Å². The summed E-state index contributed by atoms with van der Waals surface area (Å²) in [6.07, 6.45) is 3.35. The summed E-state index contributed by atoms with van der Waals surface area (Å²) in [6.45, 7) is 0.473. The van der Waals surface area contributed by atoms with Gasteiger partial charge in [0.1, 0.15) is 5.76 Å². The summed E-state index contributed by atoms with van der Waals surface area (Å²) in [4.78, 5) is 15.7. The van der Waals surface area contributed by atoms with Gasteiger partial charge < -0.3 is 9.73 Å². The minimum absolute atomic E-state index is 0.0113. The van der Waals surface area contributed by atoms with Crippen molar-refractivity contribution in [2.45, 2.75) is 12.3 Å². The fraction of sp³-hybridized carbons (Fsp3) is 0.231. The second-order valence-electron chi connectivity index (χ2n) is 3.67. The summed E-state index contributed by atoms with van der Waals surface area (Å²) in [5.41, 5.74) is 0.863. The normalized spacial score (nSPS) is 10.2. The Morgan fingerprint density at radius 2 is 2.28 bits per heavy atom. The lowest BCUT2D eigenvalue weighted by Crippen LogP contribution is -2.25. The van der Waals surface area contributed by atoms with Crippen molar-refractivity contribution in [3.8, 4) is 0 Å². The Balaban J connectivity index is 1.63. The van der Waals surface area contributed by atoms with Crippen molar-refractivity contribution >= 4 is 17.7 Å². The number of nitrogens with one attached hydrogen (secondary N) is 1. The second-order valence-corrected chi connectivity index (χ2v) is 4.66. The fourth-order valence-corrected chi connectivity index (χ4v) is 2.14. The molecular formula is C13H14N2O2S. The molecule has 0 spiro atoms. The van der Waals surface area contributed by atoms with E-state index in [1.54, 1.807) is 12.5 Å². The lowest BCUT2D eigenvalue weighted by molar-refractivity contribution is -0.118. The first-order chi connectivity index (χ1) is 8.84. The molecule has 4 nitrogen and oxygen atoms in total. The van der Waals surface area contributed by atoms with Gasteiger partial charge in [0.2, 0.25) is 5.91 Å². The molecule has 5 heteroatoms. The van der Waals surface area contributed by atoms with Crippen molar-refractivity contribution in [3.63, 3.8) is 0 Å². The third-order valence-electron chi connectivity index (χ3n) is 2.25. The van der Waals surface area contributed by atoms with Gasteiger partial charge in [0, 0.05) is 6.20 Å². The molecule has 0 radical (unpaired) electrons. The molecule has 1 N–H and O–H groups in total. The molecule has 0 unspecified atom stereocenters. The van der Waals surface area contributed by atoms with Crippen LogP contribution in [0.3, 0.4) is 0 Å². The molecule has 18 heavy (non-hydrogen) atoms. The molecule has 0 aliphatic carbocycles. The first-order valence-electron chi connectivity index (χ1n) is 5.61. The van der Waals surface area contributed by atoms with E-state index in [-0.39, 0.29) is 5.91 Å². The van der Waals surface area contributed by atoms with Gasteiger partial charge in [0.05, 0.1) is 30.0 Å². The maximum Gasteiger partial charge on any atom is 0.230 e. The van der Waals surface area contributed by atoms with Crippen LogP contribution in [-0.4, -0.2) is 16.6 Å². The van der Waals surface area contributed by atoms with E-state index in [4.69, 9.17) is 4.42 Å². The molecule has 0 aliphatic rings. The van der Waals surface area contributed by atoms with Crippen LogP contribution in [0, 0.1) is 0 Å². The largest absolute Gasteiger partial charge is 0.468 e. The lowest BCUT2D eigenvalue weighted by atomic mass is 10.3. The highest BCUT2D eigenvalue weighted by atomic mass is 32.2. The topological polar surface area (TPSA) is 55.1 Å². The highest BCUT2D eigenvalue weighted by Gasteiger charge is 2.03. The first-order valence-corrected chi connectivity index (χ1v) is 6.77. The number of hydrogen-bond donors (Lipinski definition) is 1. The molecule has 1 amide bonds. The monoisotopic (exact) mass is 262 g/mol. The van der Waals surface area contributed by atoms with E-state index >= 15 is 0 Å². The van der Waals surface area contributed by atoms with Crippen molar-refractivity contribution in [3.05, 3.63) is 54.2 Å². The van der Waals surface area contributed by atoms with Crippen molar-refractivity contribution in [2.75, 3.05) is 5.75 Å². The number of carbonyl (C=O) groups excluding carboxylic acids is 1. The van der Waals surface area contributed by atoms with E-state index in [0.29, 0.717) is 18.1 Å². The zero-order valence-electron chi connectivity index (χ0n) is 9.83. The number of thioether (sulfide) groups is 1. The van der Waals surface area contributed by atoms with Crippen LogP contribution in [0.2, 0.25) is 0 Å². The summed E-state index contributed by atoms with van der Waals surface area (Å²) in [7, 11) is 0. The Morgan fingerprint density at radius 1 is 1.33 bits per heavy atom. The molecule has 2 aromatic heterocycles. The first kappa shape index (κ1) is 12.7. The summed E-state index contributed by atoms with van der Waals surface area (Å²) in [5, 5.41) is 2.83. The van der Waals surface area contributed by atoms with Crippen LogP contribution in [0.1, 0.15) is 11.5 Å². The number of furan rings is 1. The molecule has 0 bridgehead atoms. The van der Waals surface area contributed by atoms with Gasteiger partial charge in [-0.2, -0.15) is 0 Å². The van der Waals surface area contributed by atoms with Crippen molar-refractivity contribution in [1.82, 2.24) is 10.3 Å². The summed E-state index contributed by atoms with van der Waals surface area (Å²) < 4.78 is 5.18. The fourth-order valence-electron chi connectivity index (χ4n) is 1.38. The second kappa shape index (κ2) is 6.86. The predicted molar refractivity (Wildman–Crippen MR) is 71.0 cm³/mol. The van der Waals surface area contributed by atoms with Crippen LogP contribution in [0.25, 0.3) is 0 Å². The minimum Gasteiger partial charge on any atom is -0.468 e. The van der Waals surface area contributed by atoms with Gasteiger partial charge in [0.15, 0.2) is 0 Å². The molecule has 0 saturated carbocycles. The van der Waals surface area contributed by atoms with Crippen LogP contribution >= 0.6 is 11.8 Å². The number of hydrogen-bond acceptors (Lipinski definition) is 4. The van der Waals surface area contributed by atoms with E-state index in [1.165, 1.54) is 11.8 Å². The molecule has 0 atom stereocenters. The van der Waals surface area contributed by atoms with Crippen LogP contribution in [0.4, 0.5) is 0 Å². The number of carbonyl (C=O) groups is 1. The zero-order valence-corrected chi connectivity index (χ0v) is 10.7. The molecule has 0 aliphatic heterocycles. The minimum atomic E-state index is 0.0113. The Labute approximate surface area is 110 Å². The highest BCUT2D eigenvalue weighted by molar-refractivity contribution is 7.99. The van der Waals surface area contributed by atoms with E-state index in [1.807, 2.05) is 30.3 Å². The molecule has 2 aromatic rings. The van der Waals surface area contributed by atoms with E-state index in [9.17, 15) is 4.79 Å². The number of amides is 1.